The Balaban J connectivity index is 1.81. The molecule has 1 spiro atoms. The number of likely N-dealkylation sites (N-methyl/N-ethyl adjacent to an activating group) is 1. The highest BCUT2D eigenvalue weighted by molar-refractivity contribution is 6.34. The van der Waals surface area contributed by atoms with E-state index in [1.165, 1.54) is 0 Å². The zero-order chi connectivity index (χ0) is 30.1. The summed E-state index contributed by atoms with van der Waals surface area (Å²) in [6.07, 6.45) is 6.80. The molecule has 0 aliphatic carbocycles. The number of aryl methyl sites for hydroxylation is 1. The van der Waals surface area contributed by atoms with Crippen LogP contribution in [0.25, 0.3) is 0 Å². The van der Waals surface area contributed by atoms with E-state index in [0.29, 0.717) is 43.1 Å². The summed E-state index contributed by atoms with van der Waals surface area (Å²) in [5.41, 5.74) is -0.614. The standard InChI is InChI=1S/C32H44ClN3O5/c1-7-16-34(6)28(38)24-25-29(39)36(18-11-9-10-12-19-37)27(32(25)20-22(4)31(24,5)41-32)30(40)35(17-8-2)26-21(3)14-13-15-23(26)33/h7-8,13-15,22,24-25,27,37H,1-2,9-12,16-20H2,3-6H3/t22?,24-,25+,27?,31+,32?/m1/s1. The minimum atomic E-state index is -1.14. The van der Waals surface area contributed by atoms with Gasteiger partial charge in [0.25, 0.3) is 5.91 Å². The Morgan fingerprint density at radius 1 is 1.17 bits per heavy atom. The number of hydrogen-bond donors (Lipinski definition) is 1. The highest BCUT2D eigenvalue weighted by Crippen LogP contribution is 2.65. The Morgan fingerprint density at radius 2 is 1.85 bits per heavy atom. The number of benzene rings is 1. The molecule has 41 heavy (non-hydrogen) atoms. The van der Waals surface area contributed by atoms with Crippen LogP contribution in [-0.2, 0) is 19.1 Å². The van der Waals surface area contributed by atoms with Crippen LogP contribution in [0.5, 0.6) is 0 Å². The number of unbranched alkanes of at least 4 members (excludes halogenated alkanes) is 3. The SMILES string of the molecule is C=CCN(C)C(=O)[C@H]1[C@H]2C(=O)N(CCCCCCO)C(C(=O)N(CC=C)c3c(C)cccc3Cl)C23CC(C)[C@]1(C)O3. The van der Waals surface area contributed by atoms with E-state index in [9.17, 15) is 19.5 Å². The Hall–Kier alpha value is -2.68. The lowest BCUT2D eigenvalue weighted by Crippen LogP contribution is -2.57. The monoisotopic (exact) mass is 585 g/mol. The first-order chi connectivity index (χ1) is 19.5. The van der Waals surface area contributed by atoms with Gasteiger partial charge < -0.3 is 24.5 Å². The number of nitrogens with zero attached hydrogens (tertiary/aromatic N) is 3. The maximum Gasteiger partial charge on any atom is 0.253 e. The number of amides is 3. The molecule has 3 aliphatic heterocycles. The number of anilines is 1. The number of likely N-dealkylation sites (tertiary alicyclic amines) is 1. The van der Waals surface area contributed by atoms with E-state index in [1.807, 2.05) is 32.9 Å². The van der Waals surface area contributed by atoms with Gasteiger partial charge in [-0.15, -0.1) is 13.2 Å². The maximum absolute atomic E-state index is 14.8. The molecule has 3 heterocycles. The van der Waals surface area contributed by atoms with Crippen molar-refractivity contribution in [2.45, 2.75) is 70.1 Å². The lowest BCUT2D eigenvalue weighted by Gasteiger charge is -2.38. The molecular formula is C32H44ClN3O5. The molecule has 1 aromatic carbocycles. The number of rotatable bonds is 13. The Kier molecular flexibility index (Phi) is 9.36. The number of halogens is 1. The summed E-state index contributed by atoms with van der Waals surface area (Å²) in [6, 6.07) is 4.57. The van der Waals surface area contributed by atoms with Gasteiger partial charge in [0.15, 0.2) is 0 Å². The van der Waals surface area contributed by atoms with Gasteiger partial charge in [-0.3, -0.25) is 14.4 Å². The molecule has 3 fully saturated rings. The molecule has 8 nitrogen and oxygen atoms in total. The predicted octanol–water partition coefficient (Wildman–Crippen LogP) is 4.38. The number of fused-ring (bicyclic) bond motifs is 1. The molecule has 0 aromatic heterocycles. The van der Waals surface area contributed by atoms with Crippen molar-refractivity contribution in [3.8, 4) is 0 Å². The van der Waals surface area contributed by atoms with Crippen LogP contribution in [0.2, 0.25) is 5.02 Å². The van der Waals surface area contributed by atoms with Gasteiger partial charge in [0.05, 0.1) is 28.1 Å². The van der Waals surface area contributed by atoms with Gasteiger partial charge in [-0.25, -0.2) is 0 Å². The molecule has 3 unspecified atom stereocenters. The average Bonchev–Trinajstić information content (AvgIpc) is 3.43. The van der Waals surface area contributed by atoms with Crippen LogP contribution in [0, 0.1) is 24.7 Å². The normalized spacial score (nSPS) is 29.9. The fraction of sp³-hybridized carbons (Fsp3) is 0.594. The summed E-state index contributed by atoms with van der Waals surface area (Å²) in [4.78, 5) is 48.0. The lowest BCUT2D eigenvalue weighted by molar-refractivity contribution is -0.150. The van der Waals surface area contributed by atoms with Crippen LogP contribution in [-0.4, -0.2) is 83.2 Å². The fourth-order valence-electron chi connectivity index (χ4n) is 7.44. The lowest BCUT2D eigenvalue weighted by atomic mass is 9.62. The van der Waals surface area contributed by atoms with E-state index >= 15 is 0 Å². The third-order valence-electron chi connectivity index (χ3n) is 9.44. The van der Waals surface area contributed by atoms with Gasteiger partial charge in [-0.2, -0.15) is 0 Å². The summed E-state index contributed by atoms with van der Waals surface area (Å²) in [5.74, 6) is -2.19. The first kappa shape index (κ1) is 31.3. The van der Waals surface area contributed by atoms with Crippen LogP contribution >= 0.6 is 11.6 Å². The van der Waals surface area contributed by atoms with Gasteiger partial charge in [0, 0.05) is 33.3 Å². The van der Waals surface area contributed by atoms with E-state index < -0.39 is 29.1 Å². The molecule has 1 aromatic rings. The third-order valence-corrected chi connectivity index (χ3v) is 9.74. The molecule has 3 aliphatic rings. The number of aliphatic hydroxyl groups is 1. The number of ether oxygens (including phenoxy) is 1. The van der Waals surface area contributed by atoms with Crippen molar-refractivity contribution in [2.24, 2.45) is 17.8 Å². The largest absolute Gasteiger partial charge is 0.396 e. The van der Waals surface area contributed by atoms with E-state index in [0.717, 1.165) is 18.4 Å². The van der Waals surface area contributed by atoms with Crippen LogP contribution in [0.3, 0.4) is 0 Å². The number of para-hydroxylation sites is 1. The first-order valence-corrected chi connectivity index (χ1v) is 15.0. The average molecular weight is 586 g/mol. The molecule has 2 bridgehead atoms. The molecule has 224 valence electrons. The Labute approximate surface area is 248 Å². The van der Waals surface area contributed by atoms with E-state index in [1.54, 1.807) is 40.0 Å². The van der Waals surface area contributed by atoms with Crippen molar-refractivity contribution < 1.29 is 24.2 Å². The Morgan fingerprint density at radius 3 is 2.49 bits per heavy atom. The van der Waals surface area contributed by atoms with Crippen LogP contribution < -0.4 is 4.90 Å². The van der Waals surface area contributed by atoms with Crippen molar-refractivity contribution in [1.29, 1.82) is 0 Å². The van der Waals surface area contributed by atoms with Gasteiger partial charge in [-0.1, -0.05) is 55.7 Å². The summed E-state index contributed by atoms with van der Waals surface area (Å²) in [7, 11) is 1.71. The molecule has 1 N–H and O–H groups in total. The fourth-order valence-corrected chi connectivity index (χ4v) is 7.76. The van der Waals surface area contributed by atoms with Crippen LogP contribution in [0.1, 0.15) is 51.5 Å². The first-order valence-electron chi connectivity index (χ1n) is 14.6. The smallest absolute Gasteiger partial charge is 0.253 e. The molecule has 4 rings (SSSR count). The molecule has 9 heteroatoms. The number of carbonyl (C=O) groups is 3. The molecule has 0 radical (unpaired) electrons. The number of hydrogen-bond acceptors (Lipinski definition) is 5. The minimum Gasteiger partial charge on any atom is -0.396 e. The number of carbonyl (C=O) groups excluding carboxylic acids is 3. The van der Waals surface area contributed by atoms with Crippen LogP contribution in [0.4, 0.5) is 5.69 Å². The second-order valence-corrected chi connectivity index (χ2v) is 12.4. The quantitative estimate of drug-likeness (QED) is 0.274. The van der Waals surface area contributed by atoms with E-state index in [4.69, 9.17) is 16.3 Å². The van der Waals surface area contributed by atoms with Crippen molar-refractivity contribution in [1.82, 2.24) is 9.80 Å². The van der Waals surface area contributed by atoms with Crippen LogP contribution in [0.15, 0.2) is 43.5 Å². The van der Waals surface area contributed by atoms with Crippen molar-refractivity contribution in [3.05, 3.63) is 54.1 Å². The minimum absolute atomic E-state index is 0.0488. The summed E-state index contributed by atoms with van der Waals surface area (Å²) < 4.78 is 6.87. The predicted molar refractivity (Wildman–Crippen MR) is 161 cm³/mol. The van der Waals surface area contributed by atoms with Gasteiger partial charge in [0.2, 0.25) is 11.8 Å². The van der Waals surface area contributed by atoms with Crippen molar-refractivity contribution in [2.75, 3.05) is 38.2 Å². The zero-order valence-electron chi connectivity index (χ0n) is 24.8. The highest BCUT2D eigenvalue weighted by atomic mass is 35.5. The maximum atomic E-state index is 14.8. The van der Waals surface area contributed by atoms with Crippen molar-refractivity contribution in [3.63, 3.8) is 0 Å². The van der Waals surface area contributed by atoms with Crippen molar-refractivity contribution >= 4 is 35.0 Å². The third kappa shape index (κ3) is 5.12. The second-order valence-electron chi connectivity index (χ2n) is 12.0. The zero-order valence-corrected chi connectivity index (χ0v) is 25.5. The summed E-state index contributed by atoms with van der Waals surface area (Å²) in [6.45, 7) is 14.6. The number of aliphatic hydroxyl groups excluding tert-OH is 1. The highest BCUT2D eigenvalue weighted by Gasteiger charge is 2.80. The van der Waals surface area contributed by atoms with Gasteiger partial charge >= 0.3 is 0 Å². The van der Waals surface area contributed by atoms with Gasteiger partial charge in [0.1, 0.15) is 11.6 Å². The molecule has 6 atom stereocenters. The molecular weight excluding hydrogens is 542 g/mol. The van der Waals surface area contributed by atoms with E-state index in [2.05, 4.69) is 13.2 Å². The topological polar surface area (TPSA) is 90.4 Å². The molecule has 0 saturated carbocycles. The molecule has 3 saturated heterocycles. The van der Waals surface area contributed by atoms with E-state index in [-0.39, 0.29) is 36.8 Å². The Bertz CT molecular complexity index is 1190. The second kappa shape index (κ2) is 12.3. The molecule has 3 amide bonds. The summed E-state index contributed by atoms with van der Waals surface area (Å²) >= 11 is 6.65. The van der Waals surface area contributed by atoms with Gasteiger partial charge in [-0.05, 0) is 50.7 Å². The summed E-state index contributed by atoms with van der Waals surface area (Å²) in [5, 5.41) is 9.63.